The van der Waals surface area contributed by atoms with E-state index in [9.17, 15) is 4.79 Å². The van der Waals surface area contributed by atoms with Gasteiger partial charge in [-0.15, -0.1) is 0 Å². The largest absolute Gasteiger partial charge is 0.493 e. The number of halogens is 1. The lowest BCUT2D eigenvalue weighted by Crippen LogP contribution is -2.36. The smallest absolute Gasteiger partial charge is 0.255 e. The van der Waals surface area contributed by atoms with Gasteiger partial charge in [0.2, 0.25) is 5.75 Å². The van der Waals surface area contributed by atoms with Crippen LogP contribution in [0.15, 0.2) is 40.9 Å². The van der Waals surface area contributed by atoms with Crippen molar-refractivity contribution in [1.29, 1.82) is 0 Å². The third kappa shape index (κ3) is 4.12. The molecule has 0 spiro atoms. The number of ether oxygens (including phenoxy) is 3. The van der Waals surface area contributed by atoms with Crippen molar-refractivity contribution >= 4 is 21.8 Å². The van der Waals surface area contributed by atoms with Crippen molar-refractivity contribution in [2.24, 2.45) is 0 Å². The minimum absolute atomic E-state index is 0.0219. The Labute approximate surface area is 163 Å². The van der Waals surface area contributed by atoms with Gasteiger partial charge in [-0.25, -0.2) is 0 Å². The predicted octanol–water partition coefficient (Wildman–Crippen LogP) is 4.53. The van der Waals surface area contributed by atoms with Crippen molar-refractivity contribution < 1.29 is 19.0 Å². The van der Waals surface area contributed by atoms with Gasteiger partial charge in [0.15, 0.2) is 11.5 Å². The fourth-order valence-corrected chi connectivity index (χ4v) is 3.33. The average molecular weight is 422 g/mol. The van der Waals surface area contributed by atoms with E-state index < -0.39 is 0 Å². The molecule has 26 heavy (non-hydrogen) atoms. The Morgan fingerprint density at radius 2 is 1.65 bits per heavy atom. The Morgan fingerprint density at radius 1 is 1.04 bits per heavy atom. The highest BCUT2D eigenvalue weighted by atomic mass is 79.9. The van der Waals surface area contributed by atoms with Crippen LogP contribution in [0.5, 0.6) is 17.2 Å². The number of nitrogens with zero attached hydrogens (tertiary/aromatic N) is 1. The van der Waals surface area contributed by atoms with Crippen LogP contribution in [0, 0.1) is 0 Å². The molecule has 2 rings (SSSR count). The fraction of sp³-hybridized carbons (Fsp3) is 0.350. The van der Waals surface area contributed by atoms with Crippen molar-refractivity contribution in [1.82, 2.24) is 4.90 Å². The Kier molecular flexibility index (Phi) is 6.91. The fourth-order valence-electron chi connectivity index (χ4n) is 2.70. The first-order valence-corrected chi connectivity index (χ1v) is 9.07. The van der Waals surface area contributed by atoms with Crippen molar-refractivity contribution in [3.63, 3.8) is 0 Å². The standard InChI is InChI=1S/C20H24BrNO4/c1-13(2)22(12-14-9-7-6-8-10-14)20(23)15-11-16(24-3)18(25-4)19(26-5)17(15)21/h6-11,13H,12H2,1-5H3. The third-order valence-corrected chi connectivity index (χ3v) is 4.87. The Balaban J connectivity index is 2.48. The zero-order valence-electron chi connectivity index (χ0n) is 15.7. The molecule has 0 saturated carbocycles. The summed E-state index contributed by atoms with van der Waals surface area (Å²) in [5, 5.41) is 0. The van der Waals surface area contributed by atoms with E-state index in [1.807, 2.05) is 44.2 Å². The van der Waals surface area contributed by atoms with E-state index >= 15 is 0 Å². The van der Waals surface area contributed by atoms with E-state index in [4.69, 9.17) is 14.2 Å². The Hall–Kier alpha value is -2.21. The summed E-state index contributed by atoms with van der Waals surface area (Å²) in [6.07, 6.45) is 0. The normalized spacial score (nSPS) is 10.6. The molecule has 0 N–H and O–H groups in total. The lowest BCUT2D eigenvalue weighted by atomic mass is 10.1. The van der Waals surface area contributed by atoms with Gasteiger partial charge in [0.1, 0.15) is 0 Å². The minimum atomic E-state index is -0.116. The van der Waals surface area contributed by atoms with Gasteiger partial charge in [-0.3, -0.25) is 4.79 Å². The van der Waals surface area contributed by atoms with Crippen LogP contribution in [0.1, 0.15) is 29.8 Å². The molecule has 140 valence electrons. The van der Waals surface area contributed by atoms with Gasteiger partial charge >= 0.3 is 0 Å². The number of methoxy groups -OCH3 is 3. The molecule has 0 aliphatic rings. The number of hydrogen-bond acceptors (Lipinski definition) is 4. The molecule has 0 aliphatic carbocycles. The van der Waals surface area contributed by atoms with Crippen LogP contribution in [0.4, 0.5) is 0 Å². The van der Waals surface area contributed by atoms with Crippen molar-refractivity contribution in [3.05, 3.63) is 52.0 Å². The molecule has 0 aromatic heterocycles. The van der Waals surface area contributed by atoms with E-state index in [1.165, 1.54) is 21.3 Å². The summed E-state index contributed by atoms with van der Waals surface area (Å²) in [5.41, 5.74) is 1.53. The quantitative estimate of drug-likeness (QED) is 0.658. The third-order valence-electron chi connectivity index (χ3n) is 4.08. The zero-order valence-corrected chi connectivity index (χ0v) is 17.3. The highest BCUT2D eigenvalue weighted by Gasteiger charge is 2.27. The van der Waals surface area contributed by atoms with Crippen LogP contribution < -0.4 is 14.2 Å². The van der Waals surface area contributed by atoms with E-state index in [0.29, 0.717) is 33.8 Å². The molecular weight excluding hydrogens is 398 g/mol. The van der Waals surface area contributed by atoms with Crippen LogP contribution in [0.25, 0.3) is 0 Å². The molecule has 0 saturated heterocycles. The summed E-state index contributed by atoms with van der Waals surface area (Å²) in [6, 6.07) is 11.6. The number of rotatable bonds is 7. The average Bonchev–Trinajstić information content (AvgIpc) is 2.65. The molecule has 2 aromatic carbocycles. The van der Waals surface area contributed by atoms with Gasteiger partial charge in [-0.2, -0.15) is 0 Å². The first kappa shape index (κ1) is 20.1. The number of carbonyl (C=O) groups is 1. The van der Waals surface area contributed by atoms with E-state index in [-0.39, 0.29) is 11.9 Å². The summed E-state index contributed by atoms with van der Waals surface area (Å²) < 4.78 is 16.7. The summed E-state index contributed by atoms with van der Waals surface area (Å²) in [5.74, 6) is 1.20. The maximum absolute atomic E-state index is 13.3. The predicted molar refractivity (Wildman–Crippen MR) is 105 cm³/mol. The Bertz CT molecular complexity index is 762. The molecule has 0 atom stereocenters. The van der Waals surface area contributed by atoms with Gasteiger partial charge in [0, 0.05) is 12.6 Å². The van der Waals surface area contributed by atoms with Crippen LogP contribution >= 0.6 is 15.9 Å². The number of hydrogen-bond donors (Lipinski definition) is 0. The second-order valence-electron chi connectivity index (χ2n) is 6.02. The second-order valence-corrected chi connectivity index (χ2v) is 6.81. The lowest BCUT2D eigenvalue weighted by Gasteiger charge is -2.28. The van der Waals surface area contributed by atoms with Crippen molar-refractivity contribution in [3.8, 4) is 17.2 Å². The monoisotopic (exact) mass is 421 g/mol. The van der Waals surface area contributed by atoms with Crippen LogP contribution in [0.2, 0.25) is 0 Å². The molecule has 0 fully saturated rings. The highest BCUT2D eigenvalue weighted by molar-refractivity contribution is 9.10. The molecule has 5 nitrogen and oxygen atoms in total. The number of carbonyl (C=O) groups excluding carboxylic acids is 1. The summed E-state index contributed by atoms with van der Waals surface area (Å²) >= 11 is 3.49. The van der Waals surface area contributed by atoms with Crippen LogP contribution in [-0.2, 0) is 6.54 Å². The summed E-state index contributed by atoms with van der Waals surface area (Å²) in [6.45, 7) is 4.50. The van der Waals surface area contributed by atoms with Gasteiger partial charge in [0.05, 0.1) is 31.4 Å². The Morgan fingerprint density at radius 3 is 2.15 bits per heavy atom. The van der Waals surface area contributed by atoms with Gasteiger partial charge in [-0.1, -0.05) is 30.3 Å². The topological polar surface area (TPSA) is 48.0 Å². The first-order chi connectivity index (χ1) is 12.4. The van der Waals surface area contributed by atoms with Gasteiger partial charge in [0.25, 0.3) is 5.91 Å². The van der Waals surface area contributed by atoms with E-state index in [1.54, 1.807) is 11.0 Å². The molecule has 0 heterocycles. The maximum Gasteiger partial charge on any atom is 0.255 e. The molecule has 0 radical (unpaired) electrons. The van der Waals surface area contributed by atoms with Crippen LogP contribution in [-0.4, -0.2) is 38.2 Å². The molecule has 6 heteroatoms. The van der Waals surface area contributed by atoms with Crippen LogP contribution in [0.3, 0.4) is 0 Å². The first-order valence-electron chi connectivity index (χ1n) is 8.27. The zero-order chi connectivity index (χ0) is 19.3. The van der Waals surface area contributed by atoms with Crippen molar-refractivity contribution in [2.45, 2.75) is 26.4 Å². The van der Waals surface area contributed by atoms with E-state index in [0.717, 1.165) is 5.56 Å². The van der Waals surface area contributed by atoms with Gasteiger partial charge in [-0.05, 0) is 41.4 Å². The SMILES string of the molecule is COc1cc(C(=O)N(Cc2ccccc2)C(C)C)c(Br)c(OC)c1OC. The number of amides is 1. The lowest BCUT2D eigenvalue weighted by molar-refractivity contribution is 0.0688. The highest BCUT2D eigenvalue weighted by Crippen LogP contribution is 2.45. The minimum Gasteiger partial charge on any atom is -0.493 e. The maximum atomic E-state index is 13.3. The molecule has 2 aromatic rings. The second kappa shape index (κ2) is 8.94. The summed E-state index contributed by atoms with van der Waals surface area (Å²) in [4.78, 5) is 15.1. The summed E-state index contributed by atoms with van der Waals surface area (Å²) in [7, 11) is 4.59. The van der Waals surface area contributed by atoms with Gasteiger partial charge < -0.3 is 19.1 Å². The molecule has 0 aliphatic heterocycles. The molecule has 0 unspecified atom stereocenters. The molecule has 0 bridgehead atoms. The van der Waals surface area contributed by atoms with E-state index in [2.05, 4.69) is 15.9 Å². The molecular formula is C20H24BrNO4. The molecule has 1 amide bonds. The van der Waals surface area contributed by atoms with Crippen molar-refractivity contribution in [2.75, 3.05) is 21.3 Å². The number of benzene rings is 2.